The quantitative estimate of drug-likeness (QED) is 0.555. The van der Waals surface area contributed by atoms with Crippen LogP contribution in [0.15, 0.2) is 39.9 Å². The SMILES string of the molecule is CCOC(=O)C1CCCN(C(=O)c2ccc(N3CCNCC3)c(NS(=O)(=O)c3cccs3)c2)C1. The third-order valence-electron chi connectivity index (χ3n) is 6.03. The normalized spacial score (nSPS) is 19.0. The number of thiophene rings is 1. The summed E-state index contributed by atoms with van der Waals surface area (Å²) >= 11 is 1.14. The molecule has 2 aromatic rings. The highest BCUT2D eigenvalue weighted by atomic mass is 32.2. The van der Waals surface area contributed by atoms with Gasteiger partial charge in [-0.2, -0.15) is 0 Å². The summed E-state index contributed by atoms with van der Waals surface area (Å²) in [5.74, 6) is -0.842. The average molecular weight is 507 g/mol. The second kappa shape index (κ2) is 10.7. The summed E-state index contributed by atoms with van der Waals surface area (Å²) in [7, 11) is -3.78. The molecule has 1 amide bonds. The first-order valence-corrected chi connectivity index (χ1v) is 13.9. The Bertz CT molecular complexity index is 1110. The number of piperidine rings is 1. The summed E-state index contributed by atoms with van der Waals surface area (Å²) in [6, 6.07) is 8.38. The molecular weight excluding hydrogens is 476 g/mol. The molecule has 2 N–H and O–H groups in total. The number of nitrogens with zero attached hydrogens (tertiary/aromatic N) is 2. The Balaban J connectivity index is 1.61. The van der Waals surface area contributed by atoms with Crippen LogP contribution in [-0.4, -0.2) is 71.1 Å². The number of ether oxygens (including phenoxy) is 1. The number of piperazine rings is 1. The first-order chi connectivity index (χ1) is 16.4. The molecule has 9 nitrogen and oxygen atoms in total. The molecule has 4 rings (SSSR count). The summed E-state index contributed by atoms with van der Waals surface area (Å²) in [4.78, 5) is 29.3. The summed E-state index contributed by atoms with van der Waals surface area (Å²) in [6.07, 6.45) is 1.41. The van der Waals surface area contributed by atoms with E-state index in [1.165, 1.54) is 0 Å². The molecule has 1 unspecified atom stereocenters. The second-order valence-electron chi connectivity index (χ2n) is 8.35. The lowest BCUT2D eigenvalue weighted by Crippen LogP contribution is -2.44. The first kappa shape index (κ1) is 24.5. The number of anilines is 2. The molecule has 2 fully saturated rings. The van der Waals surface area contributed by atoms with Gasteiger partial charge in [-0.25, -0.2) is 8.42 Å². The van der Waals surface area contributed by atoms with E-state index in [4.69, 9.17) is 4.74 Å². The molecule has 0 radical (unpaired) electrons. The number of carbonyl (C=O) groups excluding carboxylic acids is 2. The van der Waals surface area contributed by atoms with Gasteiger partial charge in [0.2, 0.25) is 0 Å². The number of rotatable bonds is 7. The zero-order valence-corrected chi connectivity index (χ0v) is 20.8. The molecule has 34 heavy (non-hydrogen) atoms. The fraction of sp³-hybridized carbons (Fsp3) is 0.478. The smallest absolute Gasteiger partial charge is 0.310 e. The molecule has 1 atom stereocenters. The second-order valence-corrected chi connectivity index (χ2v) is 11.2. The highest BCUT2D eigenvalue weighted by molar-refractivity contribution is 7.94. The van der Waals surface area contributed by atoms with Crippen LogP contribution in [0.1, 0.15) is 30.1 Å². The maximum absolute atomic E-state index is 13.3. The van der Waals surface area contributed by atoms with Gasteiger partial charge in [-0.15, -0.1) is 11.3 Å². The summed E-state index contributed by atoms with van der Waals surface area (Å²) in [5.41, 5.74) is 1.49. The molecule has 0 aliphatic carbocycles. The number of hydrogen-bond donors (Lipinski definition) is 2. The third-order valence-corrected chi connectivity index (χ3v) is 8.80. The monoisotopic (exact) mass is 506 g/mol. The van der Waals surface area contributed by atoms with Gasteiger partial charge in [-0.3, -0.25) is 14.3 Å². The van der Waals surface area contributed by atoms with Crippen molar-refractivity contribution in [2.24, 2.45) is 5.92 Å². The Morgan fingerprint density at radius 2 is 2.00 bits per heavy atom. The standard InChI is InChI=1S/C23H30N4O5S2/c1-2-32-23(29)18-5-3-11-27(16-18)22(28)17-7-8-20(26-12-9-24-10-13-26)19(15-17)25-34(30,31)21-6-4-14-33-21/h4,6-8,14-15,18,24-25H,2-3,5,9-13,16H2,1H3. The Morgan fingerprint density at radius 1 is 1.21 bits per heavy atom. The lowest BCUT2D eigenvalue weighted by molar-refractivity contribution is -0.149. The number of hydrogen-bond acceptors (Lipinski definition) is 8. The zero-order chi connectivity index (χ0) is 24.1. The van der Waals surface area contributed by atoms with Crippen molar-refractivity contribution in [2.75, 3.05) is 55.5 Å². The molecule has 184 valence electrons. The van der Waals surface area contributed by atoms with Crippen LogP contribution in [0, 0.1) is 5.92 Å². The lowest BCUT2D eigenvalue weighted by atomic mass is 9.97. The van der Waals surface area contributed by atoms with Crippen molar-refractivity contribution >= 4 is 44.6 Å². The summed E-state index contributed by atoms with van der Waals surface area (Å²) in [5, 5.41) is 5.00. The van der Waals surface area contributed by atoms with E-state index in [0.717, 1.165) is 43.2 Å². The molecule has 11 heteroatoms. The third kappa shape index (κ3) is 5.53. The highest BCUT2D eigenvalue weighted by Crippen LogP contribution is 2.32. The number of carbonyl (C=O) groups is 2. The number of sulfonamides is 1. The maximum Gasteiger partial charge on any atom is 0.310 e. The van der Waals surface area contributed by atoms with E-state index in [-0.39, 0.29) is 22.0 Å². The molecule has 0 spiro atoms. The molecule has 2 aliphatic heterocycles. The van der Waals surface area contributed by atoms with Crippen LogP contribution < -0.4 is 14.9 Å². The van der Waals surface area contributed by atoms with Gasteiger partial charge in [-0.05, 0) is 49.4 Å². The molecule has 0 bridgehead atoms. The molecule has 3 heterocycles. The van der Waals surface area contributed by atoms with Crippen molar-refractivity contribution in [3.63, 3.8) is 0 Å². The van der Waals surface area contributed by atoms with Crippen molar-refractivity contribution in [3.8, 4) is 0 Å². The molecule has 2 saturated heterocycles. The Hall–Kier alpha value is -2.63. The predicted octanol–water partition coefficient (Wildman–Crippen LogP) is 2.37. The van der Waals surface area contributed by atoms with E-state index in [9.17, 15) is 18.0 Å². The first-order valence-electron chi connectivity index (χ1n) is 11.5. The zero-order valence-electron chi connectivity index (χ0n) is 19.2. The number of amides is 1. The number of esters is 1. The van der Waals surface area contributed by atoms with Gasteiger partial charge >= 0.3 is 5.97 Å². The summed E-state index contributed by atoms with van der Waals surface area (Å²) in [6.45, 7) is 5.97. The Labute approximate surface area is 204 Å². The highest BCUT2D eigenvalue weighted by Gasteiger charge is 2.30. The minimum Gasteiger partial charge on any atom is -0.466 e. The molecule has 0 saturated carbocycles. The van der Waals surface area contributed by atoms with Crippen LogP contribution in [0.25, 0.3) is 0 Å². The van der Waals surface area contributed by atoms with E-state index >= 15 is 0 Å². The van der Waals surface area contributed by atoms with Crippen molar-refractivity contribution < 1.29 is 22.7 Å². The van der Waals surface area contributed by atoms with Crippen LogP contribution in [-0.2, 0) is 19.6 Å². The van der Waals surface area contributed by atoms with Crippen molar-refractivity contribution in [2.45, 2.75) is 24.0 Å². The van der Waals surface area contributed by atoms with Crippen LogP contribution in [0.3, 0.4) is 0 Å². The van der Waals surface area contributed by atoms with Crippen LogP contribution >= 0.6 is 11.3 Å². The minimum absolute atomic E-state index is 0.212. The maximum atomic E-state index is 13.3. The largest absolute Gasteiger partial charge is 0.466 e. The Morgan fingerprint density at radius 3 is 2.71 bits per heavy atom. The number of likely N-dealkylation sites (tertiary alicyclic amines) is 1. The van der Waals surface area contributed by atoms with E-state index in [1.807, 2.05) is 0 Å². The van der Waals surface area contributed by atoms with E-state index in [0.29, 0.717) is 43.8 Å². The summed E-state index contributed by atoms with van der Waals surface area (Å²) < 4.78 is 34.0. The van der Waals surface area contributed by atoms with E-state index in [2.05, 4.69) is 14.9 Å². The van der Waals surface area contributed by atoms with Gasteiger partial charge in [0.05, 0.1) is 23.9 Å². The molecule has 1 aromatic carbocycles. The van der Waals surface area contributed by atoms with E-state index < -0.39 is 10.0 Å². The van der Waals surface area contributed by atoms with Gasteiger partial charge < -0.3 is 19.9 Å². The van der Waals surface area contributed by atoms with Gasteiger partial charge in [-0.1, -0.05) is 6.07 Å². The van der Waals surface area contributed by atoms with Gasteiger partial charge in [0.25, 0.3) is 15.9 Å². The molecular formula is C23H30N4O5S2. The van der Waals surface area contributed by atoms with Crippen molar-refractivity contribution in [3.05, 3.63) is 41.3 Å². The number of nitrogens with one attached hydrogen (secondary N) is 2. The van der Waals surface area contributed by atoms with Crippen LogP contribution in [0.2, 0.25) is 0 Å². The fourth-order valence-electron chi connectivity index (χ4n) is 4.34. The van der Waals surface area contributed by atoms with Gasteiger partial charge in [0.1, 0.15) is 4.21 Å². The number of benzene rings is 1. The topological polar surface area (TPSA) is 108 Å². The average Bonchev–Trinajstić information content (AvgIpc) is 3.40. The predicted molar refractivity (Wildman–Crippen MR) is 132 cm³/mol. The van der Waals surface area contributed by atoms with Crippen LogP contribution in [0.5, 0.6) is 0 Å². The minimum atomic E-state index is -3.78. The fourth-order valence-corrected chi connectivity index (χ4v) is 6.40. The van der Waals surface area contributed by atoms with Crippen molar-refractivity contribution in [1.29, 1.82) is 0 Å². The van der Waals surface area contributed by atoms with Gasteiger partial charge in [0, 0.05) is 44.8 Å². The molecule has 1 aromatic heterocycles. The van der Waals surface area contributed by atoms with E-state index in [1.54, 1.807) is 47.5 Å². The van der Waals surface area contributed by atoms with Crippen molar-refractivity contribution in [1.82, 2.24) is 10.2 Å². The van der Waals surface area contributed by atoms with Gasteiger partial charge in [0.15, 0.2) is 0 Å². The Kier molecular flexibility index (Phi) is 7.74. The van der Waals surface area contributed by atoms with Crippen LogP contribution in [0.4, 0.5) is 11.4 Å². The molecule has 2 aliphatic rings. The lowest BCUT2D eigenvalue weighted by Gasteiger charge is -2.33.